The van der Waals surface area contributed by atoms with Crippen LogP contribution in [0.25, 0.3) is 46.0 Å². The summed E-state index contributed by atoms with van der Waals surface area (Å²) in [6.45, 7) is 0.0522. The van der Waals surface area contributed by atoms with Crippen LogP contribution in [0.2, 0.25) is 0 Å². The van der Waals surface area contributed by atoms with E-state index in [0.29, 0.717) is 22.5 Å². The van der Waals surface area contributed by atoms with Gasteiger partial charge in [-0.1, -0.05) is 97.1 Å². The molecule has 0 aliphatic carbocycles. The molecule has 0 aliphatic heterocycles. The third kappa shape index (κ3) is 7.63. The van der Waals surface area contributed by atoms with E-state index in [9.17, 15) is 20.1 Å². The second kappa shape index (κ2) is 15.5. The van der Waals surface area contributed by atoms with Gasteiger partial charge in [0, 0.05) is 47.7 Å². The molecule has 0 radical (unpaired) electrons. The molecule has 0 fully saturated rings. The molecular weight excluding hydrogens is 624 g/mol. The molecule has 0 aliphatic rings. The number of hydrogen-bond donors (Lipinski definition) is 2. The highest BCUT2D eigenvalue weighted by Crippen LogP contribution is 2.27. The summed E-state index contributed by atoms with van der Waals surface area (Å²) in [6.07, 6.45) is 6.54. The Labute approximate surface area is 288 Å². The van der Waals surface area contributed by atoms with Crippen LogP contribution in [0.3, 0.4) is 0 Å². The Morgan fingerprint density at radius 3 is 1.24 bits per heavy atom. The fourth-order valence-corrected chi connectivity index (χ4v) is 5.20. The molecule has 4 aromatic carbocycles. The van der Waals surface area contributed by atoms with Gasteiger partial charge in [0.2, 0.25) is 0 Å². The molecule has 10 heteroatoms. The van der Waals surface area contributed by atoms with Crippen molar-refractivity contribution < 1.29 is 9.59 Å². The van der Waals surface area contributed by atoms with Gasteiger partial charge in [-0.3, -0.25) is 9.59 Å². The lowest BCUT2D eigenvalue weighted by molar-refractivity contribution is -0.118. The van der Waals surface area contributed by atoms with Crippen LogP contribution in [0.5, 0.6) is 0 Å². The minimum atomic E-state index is -0.606. The van der Waals surface area contributed by atoms with E-state index in [-0.39, 0.29) is 24.2 Å². The number of nitriles is 2. The first-order valence-electron chi connectivity index (χ1n) is 15.7. The predicted molar refractivity (Wildman–Crippen MR) is 191 cm³/mol. The number of carbonyl (C=O) groups is 2. The summed E-state index contributed by atoms with van der Waals surface area (Å²) >= 11 is 0. The van der Waals surface area contributed by atoms with E-state index in [1.165, 1.54) is 12.2 Å². The lowest BCUT2D eigenvalue weighted by Crippen LogP contribution is -2.35. The lowest BCUT2D eigenvalue weighted by Gasteiger charge is -2.06. The summed E-state index contributed by atoms with van der Waals surface area (Å²) in [5.41, 5.74) is 5.49. The molecule has 0 unspecified atom stereocenters. The summed E-state index contributed by atoms with van der Waals surface area (Å²) in [6, 6.07) is 42.0. The van der Waals surface area contributed by atoms with Crippen LogP contribution in [-0.4, -0.2) is 44.5 Å². The maximum Gasteiger partial charge on any atom is 0.262 e. The van der Waals surface area contributed by atoms with Crippen molar-refractivity contribution in [2.75, 3.05) is 13.1 Å². The SMILES string of the molecule is N#CC(=Cc1cn(-c2ccccc2)nc1-c1ccccc1)C(=O)NCCNC(=O)C(C#N)=Cc1cn(-c2ccccc2)nc1-c1ccccc1. The molecule has 10 nitrogen and oxygen atoms in total. The largest absolute Gasteiger partial charge is 0.350 e. The number of benzene rings is 4. The molecule has 2 aromatic heterocycles. The highest BCUT2D eigenvalue weighted by molar-refractivity contribution is 6.03. The van der Waals surface area contributed by atoms with Crippen molar-refractivity contribution in [1.29, 1.82) is 10.5 Å². The topological polar surface area (TPSA) is 141 Å². The molecule has 242 valence electrons. The van der Waals surface area contributed by atoms with Gasteiger partial charge in [0.15, 0.2) is 0 Å². The molecule has 6 aromatic rings. The van der Waals surface area contributed by atoms with Crippen LogP contribution < -0.4 is 10.6 Å². The summed E-state index contributed by atoms with van der Waals surface area (Å²) in [4.78, 5) is 26.1. The molecule has 0 bridgehead atoms. The second-order valence-corrected chi connectivity index (χ2v) is 11.0. The van der Waals surface area contributed by atoms with Crippen molar-refractivity contribution in [2.45, 2.75) is 0 Å². The van der Waals surface area contributed by atoms with Gasteiger partial charge in [0.05, 0.1) is 22.8 Å². The van der Waals surface area contributed by atoms with Crippen molar-refractivity contribution >= 4 is 24.0 Å². The Morgan fingerprint density at radius 1 is 0.560 bits per heavy atom. The molecule has 0 atom stereocenters. The number of hydrogen-bond acceptors (Lipinski definition) is 6. The van der Waals surface area contributed by atoms with Crippen molar-refractivity contribution in [3.63, 3.8) is 0 Å². The smallest absolute Gasteiger partial charge is 0.262 e. The Bertz CT molecular complexity index is 2100. The van der Waals surface area contributed by atoms with E-state index in [1.54, 1.807) is 21.8 Å². The zero-order valence-electron chi connectivity index (χ0n) is 26.8. The van der Waals surface area contributed by atoms with Crippen LogP contribution in [0, 0.1) is 22.7 Å². The van der Waals surface area contributed by atoms with Gasteiger partial charge in [-0.15, -0.1) is 0 Å². The first kappa shape index (κ1) is 32.6. The number of nitrogens with one attached hydrogen (secondary N) is 2. The van der Waals surface area contributed by atoms with E-state index in [0.717, 1.165) is 22.5 Å². The summed E-state index contributed by atoms with van der Waals surface area (Å²) < 4.78 is 3.40. The predicted octanol–water partition coefficient (Wildman–Crippen LogP) is 6.14. The van der Waals surface area contributed by atoms with Gasteiger partial charge in [0.25, 0.3) is 11.8 Å². The van der Waals surface area contributed by atoms with Crippen LogP contribution >= 0.6 is 0 Å². The molecule has 0 spiro atoms. The van der Waals surface area contributed by atoms with Crippen molar-refractivity contribution in [3.8, 4) is 46.0 Å². The quantitative estimate of drug-likeness (QED) is 0.0977. The minimum Gasteiger partial charge on any atom is -0.350 e. The van der Waals surface area contributed by atoms with Gasteiger partial charge < -0.3 is 10.6 Å². The summed E-state index contributed by atoms with van der Waals surface area (Å²) in [5, 5.41) is 34.6. The van der Waals surface area contributed by atoms with Crippen LogP contribution in [0.4, 0.5) is 0 Å². The van der Waals surface area contributed by atoms with Gasteiger partial charge in [-0.2, -0.15) is 20.7 Å². The van der Waals surface area contributed by atoms with Gasteiger partial charge >= 0.3 is 0 Å². The molecule has 0 saturated heterocycles. The Hall–Kier alpha value is -7.30. The zero-order chi connectivity index (χ0) is 34.7. The number of nitrogens with zero attached hydrogens (tertiary/aromatic N) is 6. The van der Waals surface area contributed by atoms with E-state index in [2.05, 4.69) is 10.6 Å². The summed E-state index contributed by atoms with van der Waals surface area (Å²) in [5.74, 6) is -1.21. The normalized spacial score (nSPS) is 11.3. The molecule has 50 heavy (non-hydrogen) atoms. The Kier molecular flexibility index (Phi) is 10.1. The Morgan fingerprint density at radius 2 is 0.900 bits per heavy atom. The number of para-hydroxylation sites is 2. The van der Waals surface area contributed by atoms with Crippen LogP contribution in [0.1, 0.15) is 11.1 Å². The number of rotatable bonds is 11. The average molecular weight is 655 g/mol. The van der Waals surface area contributed by atoms with Crippen LogP contribution in [-0.2, 0) is 9.59 Å². The standard InChI is InChI=1S/C40H30N8O2/c41-25-31(23-33-27-47(35-17-9-3-10-18-35)45-37(33)29-13-5-1-6-14-29)39(49)43-21-22-44-40(50)32(26-42)24-34-28-48(36-19-11-4-12-20-36)46-38(34)30-15-7-2-8-16-30/h1-20,23-24,27-28H,21-22H2,(H,43,49)(H,44,50). The fourth-order valence-electron chi connectivity index (χ4n) is 5.20. The lowest BCUT2D eigenvalue weighted by atomic mass is 10.1. The minimum absolute atomic E-state index is 0.0261. The first-order chi connectivity index (χ1) is 24.5. The van der Waals surface area contributed by atoms with E-state index in [4.69, 9.17) is 10.2 Å². The Balaban J connectivity index is 1.14. The average Bonchev–Trinajstić information content (AvgIpc) is 3.80. The maximum atomic E-state index is 13.1. The third-order valence-electron chi connectivity index (χ3n) is 7.65. The number of amides is 2. The molecule has 2 amide bonds. The first-order valence-corrected chi connectivity index (χ1v) is 15.7. The maximum absolute atomic E-state index is 13.1. The third-order valence-corrected chi connectivity index (χ3v) is 7.65. The van der Waals surface area contributed by atoms with E-state index < -0.39 is 11.8 Å². The second-order valence-electron chi connectivity index (χ2n) is 11.0. The van der Waals surface area contributed by atoms with Gasteiger partial charge in [0.1, 0.15) is 23.3 Å². The van der Waals surface area contributed by atoms with Gasteiger partial charge in [-0.25, -0.2) is 9.36 Å². The van der Waals surface area contributed by atoms with Crippen molar-refractivity contribution in [1.82, 2.24) is 30.2 Å². The summed E-state index contributed by atoms with van der Waals surface area (Å²) in [7, 11) is 0. The van der Waals surface area contributed by atoms with E-state index >= 15 is 0 Å². The van der Waals surface area contributed by atoms with Crippen molar-refractivity contribution in [3.05, 3.63) is 156 Å². The van der Waals surface area contributed by atoms with E-state index in [1.807, 2.05) is 133 Å². The molecular formula is C40H30N8O2. The zero-order valence-corrected chi connectivity index (χ0v) is 26.8. The molecule has 2 N–H and O–H groups in total. The highest BCUT2D eigenvalue weighted by atomic mass is 16.2. The fraction of sp³-hybridized carbons (Fsp3) is 0.0500. The molecule has 6 rings (SSSR count). The monoisotopic (exact) mass is 654 g/mol. The molecule has 0 saturated carbocycles. The van der Waals surface area contributed by atoms with Gasteiger partial charge in [-0.05, 0) is 36.4 Å². The number of carbonyl (C=O) groups excluding carboxylic acids is 2. The molecule has 2 heterocycles. The highest BCUT2D eigenvalue weighted by Gasteiger charge is 2.17. The van der Waals surface area contributed by atoms with Crippen LogP contribution in [0.15, 0.2) is 145 Å². The number of aromatic nitrogens is 4. The van der Waals surface area contributed by atoms with Crippen molar-refractivity contribution in [2.24, 2.45) is 0 Å².